The number of hydrogen-bond donors (Lipinski definition) is 2. The minimum atomic E-state index is -0.517. The van der Waals surface area contributed by atoms with Crippen molar-refractivity contribution < 1.29 is 19.2 Å². The molecule has 2 rings (SSSR count). The lowest BCUT2D eigenvalue weighted by atomic mass is 10.0. The molecule has 2 heterocycles. The molecule has 104 valence electrons. The Morgan fingerprint density at radius 2 is 2.32 bits per heavy atom. The molecule has 2 saturated heterocycles. The van der Waals surface area contributed by atoms with Gasteiger partial charge in [-0.05, 0) is 12.8 Å². The van der Waals surface area contributed by atoms with Crippen molar-refractivity contribution >= 4 is 29.8 Å². The van der Waals surface area contributed by atoms with Crippen LogP contribution in [0.2, 0.25) is 0 Å². The lowest BCUT2D eigenvalue weighted by Gasteiger charge is -2.16. The molecule has 2 fully saturated rings. The molecule has 0 aliphatic carbocycles. The highest BCUT2D eigenvalue weighted by atomic mass is 32.2. The van der Waals surface area contributed by atoms with E-state index in [0.717, 1.165) is 24.7 Å². The van der Waals surface area contributed by atoms with E-state index in [1.165, 1.54) is 0 Å². The minimum absolute atomic E-state index is 0.0874. The molecule has 0 aromatic heterocycles. The van der Waals surface area contributed by atoms with Crippen molar-refractivity contribution in [2.45, 2.75) is 43.0 Å². The predicted molar refractivity (Wildman–Crippen MR) is 68.2 cm³/mol. The number of nitrogens with one attached hydrogen (secondary N) is 2. The van der Waals surface area contributed by atoms with Crippen molar-refractivity contribution in [3.05, 3.63) is 0 Å². The summed E-state index contributed by atoms with van der Waals surface area (Å²) in [6, 6.07) is 0.342. The van der Waals surface area contributed by atoms with Crippen LogP contribution in [0, 0.1) is 0 Å². The lowest BCUT2D eigenvalue weighted by Crippen LogP contribution is -2.36. The first-order valence-corrected chi connectivity index (χ1v) is 7.21. The molecule has 0 aromatic rings. The van der Waals surface area contributed by atoms with E-state index in [2.05, 4.69) is 20.6 Å². The summed E-state index contributed by atoms with van der Waals surface area (Å²) >= 11 is 1.85. The Morgan fingerprint density at radius 3 is 3.11 bits per heavy atom. The van der Waals surface area contributed by atoms with Crippen LogP contribution in [0.15, 0.2) is 5.16 Å². The Hall–Kier alpha value is -1.53. The zero-order valence-electron chi connectivity index (χ0n) is 10.3. The average molecular weight is 285 g/mol. The Bertz CT molecular complexity index is 411. The van der Waals surface area contributed by atoms with E-state index in [4.69, 9.17) is 0 Å². The van der Waals surface area contributed by atoms with Crippen molar-refractivity contribution in [2.75, 3.05) is 5.75 Å². The molecule has 0 spiro atoms. The molecular weight excluding hydrogens is 270 g/mol. The summed E-state index contributed by atoms with van der Waals surface area (Å²) in [5.41, 5.74) is 0. The summed E-state index contributed by atoms with van der Waals surface area (Å²) in [5.74, 6) is 0.417. The lowest BCUT2D eigenvalue weighted by molar-refractivity contribution is -0.143. The maximum atomic E-state index is 11.2. The van der Waals surface area contributed by atoms with Gasteiger partial charge >= 0.3 is 12.0 Å². The molecule has 0 unspecified atom stereocenters. The third kappa shape index (κ3) is 3.71. The Kier molecular flexibility index (Phi) is 4.81. The number of urea groups is 1. The van der Waals surface area contributed by atoms with Crippen LogP contribution in [-0.4, -0.2) is 41.2 Å². The van der Waals surface area contributed by atoms with Crippen molar-refractivity contribution in [1.82, 2.24) is 10.6 Å². The van der Waals surface area contributed by atoms with Gasteiger partial charge in [0, 0.05) is 22.6 Å². The highest BCUT2D eigenvalue weighted by Crippen LogP contribution is 2.33. The van der Waals surface area contributed by atoms with E-state index in [9.17, 15) is 14.4 Å². The molecule has 19 heavy (non-hydrogen) atoms. The minimum Gasteiger partial charge on any atom is -0.332 e. The van der Waals surface area contributed by atoms with Gasteiger partial charge in [0.1, 0.15) is 0 Å². The summed E-state index contributed by atoms with van der Waals surface area (Å²) in [6.45, 7) is 0. The summed E-state index contributed by atoms with van der Waals surface area (Å²) in [4.78, 5) is 36.2. The van der Waals surface area contributed by atoms with Gasteiger partial charge in [0.25, 0.3) is 6.08 Å². The smallest absolute Gasteiger partial charge is 0.332 e. The normalized spacial score (nSPS) is 28.0. The zero-order valence-corrected chi connectivity index (χ0v) is 11.1. The number of rotatable bonds is 6. The fraction of sp³-hybridized carbons (Fsp3) is 0.727. The number of unbranched alkanes of at least 4 members (excludes halogenated alkanes) is 1. The fourth-order valence-electron chi connectivity index (χ4n) is 2.37. The molecule has 0 aromatic carbocycles. The van der Waals surface area contributed by atoms with Gasteiger partial charge < -0.3 is 15.5 Å². The largest absolute Gasteiger partial charge is 0.336 e. The monoisotopic (exact) mass is 285 g/mol. The van der Waals surface area contributed by atoms with Gasteiger partial charge in [-0.15, -0.1) is 0 Å². The van der Waals surface area contributed by atoms with Crippen LogP contribution in [0.25, 0.3) is 0 Å². The predicted octanol–water partition coefficient (Wildman–Crippen LogP) is 0.506. The number of fused-ring (bicyclic) bond motifs is 1. The standard InChI is InChI=1S/C11H15N3O4S/c15-6-12-18-9(16)4-2-1-3-8-10-7(5-19-8)13-11(17)14-10/h7-8,10H,1-5H2,(H2,13,14,17)/t7-,8-,10-/m1/s1. The Morgan fingerprint density at radius 1 is 1.47 bits per heavy atom. The first-order valence-electron chi connectivity index (χ1n) is 6.16. The van der Waals surface area contributed by atoms with Crippen LogP contribution in [0.5, 0.6) is 0 Å². The maximum absolute atomic E-state index is 11.2. The second-order valence-corrected chi connectivity index (χ2v) is 5.79. The highest BCUT2D eigenvalue weighted by molar-refractivity contribution is 8.00. The van der Waals surface area contributed by atoms with Gasteiger partial charge in [-0.2, -0.15) is 11.8 Å². The number of carbonyl (C=O) groups is 2. The van der Waals surface area contributed by atoms with E-state index >= 15 is 0 Å². The SMILES string of the molecule is O=C=NOC(=O)CCCC[C@H]1SC[C@H]2NC(=O)N[C@H]21. The molecule has 2 aliphatic heterocycles. The second-order valence-electron chi connectivity index (χ2n) is 4.51. The molecule has 0 radical (unpaired) electrons. The van der Waals surface area contributed by atoms with Crippen LogP contribution in [0.4, 0.5) is 4.79 Å². The zero-order chi connectivity index (χ0) is 13.7. The maximum Gasteiger partial charge on any atom is 0.336 e. The molecule has 2 amide bonds. The van der Waals surface area contributed by atoms with Gasteiger partial charge in [0.2, 0.25) is 0 Å². The van der Waals surface area contributed by atoms with Crippen molar-refractivity contribution in [3.63, 3.8) is 0 Å². The molecule has 0 saturated carbocycles. The van der Waals surface area contributed by atoms with Gasteiger partial charge in [0.05, 0.1) is 12.1 Å². The molecule has 2 aliphatic rings. The number of nitrogens with zero attached hydrogens (tertiary/aromatic N) is 1. The highest BCUT2D eigenvalue weighted by Gasteiger charge is 2.42. The second kappa shape index (κ2) is 6.58. The number of thioether (sulfide) groups is 1. The van der Waals surface area contributed by atoms with Crippen molar-refractivity contribution in [2.24, 2.45) is 5.16 Å². The fourth-order valence-corrected chi connectivity index (χ4v) is 3.92. The van der Waals surface area contributed by atoms with Crippen LogP contribution < -0.4 is 10.6 Å². The summed E-state index contributed by atoms with van der Waals surface area (Å²) < 4.78 is 0. The first kappa shape index (κ1) is 13.9. The van der Waals surface area contributed by atoms with E-state index < -0.39 is 5.97 Å². The van der Waals surface area contributed by atoms with Gasteiger partial charge in [-0.1, -0.05) is 6.42 Å². The molecule has 3 atom stereocenters. The van der Waals surface area contributed by atoms with Gasteiger partial charge in [0.15, 0.2) is 0 Å². The van der Waals surface area contributed by atoms with E-state index in [1.54, 1.807) is 0 Å². The van der Waals surface area contributed by atoms with Gasteiger partial charge in [-0.25, -0.2) is 14.4 Å². The number of hydrogen-bond acceptors (Lipinski definition) is 6. The molecule has 2 N–H and O–H groups in total. The Balaban J connectivity index is 1.62. The van der Waals surface area contributed by atoms with Crippen molar-refractivity contribution in [3.8, 4) is 0 Å². The van der Waals surface area contributed by atoms with Crippen LogP contribution >= 0.6 is 11.8 Å². The third-order valence-corrected chi connectivity index (χ3v) is 4.75. The molecule has 7 nitrogen and oxygen atoms in total. The van der Waals surface area contributed by atoms with Crippen LogP contribution in [-0.2, 0) is 14.4 Å². The van der Waals surface area contributed by atoms with Crippen LogP contribution in [0.1, 0.15) is 25.7 Å². The van der Waals surface area contributed by atoms with Gasteiger partial charge in [-0.3, -0.25) is 0 Å². The number of carbonyl (C=O) groups excluding carboxylic acids is 3. The van der Waals surface area contributed by atoms with Crippen molar-refractivity contribution in [1.29, 1.82) is 0 Å². The molecule has 8 heteroatoms. The molecule has 0 bridgehead atoms. The summed E-state index contributed by atoms with van der Waals surface area (Å²) in [6.07, 6.45) is 3.88. The topological polar surface area (TPSA) is 96.9 Å². The number of isocyanates is 1. The summed E-state index contributed by atoms with van der Waals surface area (Å²) in [5, 5.41) is 8.97. The van der Waals surface area contributed by atoms with E-state index in [1.807, 2.05) is 11.8 Å². The van der Waals surface area contributed by atoms with E-state index in [0.29, 0.717) is 11.7 Å². The Labute approximate surface area is 114 Å². The quantitative estimate of drug-likeness (QED) is 0.185. The first-order chi connectivity index (χ1) is 9.20. The van der Waals surface area contributed by atoms with E-state index in [-0.39, 0.29) is 24.5 Å². The summed E-state index contributed by atoms with van der Waals surface area (Å²) in [7, 11) is 0. The van der Waals surface area contributed by atoms with Crippen LogP contribution in [0.3, 0.4) is 0 Å². The third-order valence-electron chi connectivity index (χ3n) is 3.24. The average Bonchev–Trinajstić information content (AvgIpc) is 2.92. The number of amides is 2. The molecular formula is C11H15N3O4S.